The first-order chi connectivity index (χ1) is 19.4. The first-order valence-electron chi connectivity index (χ1n) is 12.3. The molecule has 13 heteroatoms. The highest BCUT2D eigenvalue weighted by atomic mass is 16.6. The zero-order valence-electron chi connectivity index (χ0n) is 21.7. The fraction of sp³-hybridized carbons (Fsp3) is 0.222. The lowest BCUT2D eigenvalue weighted by atomic mass is 9.95. The van der Waals surface area contributed by atoms with Crippen LogP contribution in [0.25, 0.3) is 0 Å². The van der Waals surface area contributed by atoms with Gasteiger partial charge in [-0.05, 0) is 47.5 Å². The first kappa shape index (κ1) is 26.3. The largest absolute Gasteiger partial charge is 0.504 e. The molecule has 0 radical (unpaired) electrons. The molecule has 0 fully saturated rings. The van der Waals surface area contributed by atoms with Crippen molar-refractivity contribution in [2.45, 2.75) is 24.9 Å². The Balaban J connectivity index is 1.39. The number of nitro groups is 1. The molecule has 2 unspecified atom stereocenters. The highest BCUT2D eigenvalue weighted by molar-refractivity contribution is 6.69. The lowest BCUT2D eigenvalue weighted by Crippen LogP contribution is -2.24. The van der Waals surface area contributed by atoms with E-state index < -0.39 is 4.92 Å². The second kappa shape index (κ2) is 11.2. The minimum Gasteiger partial charge on any atom is -0.504 e. The van der Waals surface area contributed by atoms with Crippen LogP contribution in [0.4, 0.5) is 11.4 Å². The maximum Gasteiger partial charge on any atom is 0.269 e. The van der Waals surface area contributed by atoms with Crippen molar-refractivity contribution >= 4 is 28.5 Å². The Morgan fingerprint density at radius 2 is 1.40 bits per heavy atom. The monoisotopic (exact) mass is 545 g/mol. The van der Waals surface area contributed by atoms with Crippen molar-refractivity contribution in [3.05, 3.63) is 81.9 Å². The van der Waals surface area contributed by atoms with E-state index in [1.807, 2.05) is 0 Å². The van der Waals surface area contributed by atoms with Crippen molar-refractivity contribution in [1.29, 1.82) is 0 Å². The van der Waals surface area contributed by atoms with Gasteiger partial charge in [0.1, 0.15) is 5.71 Å². The second-order valence-electron chi connectivity index (χ2n) is 9.13. The van der Waals surface area contributed by atoms with E-state index in [1.165, 1.54) is 26.4 Å². The normalized spacial score (nSPS) is 17.6. The van der Waals surface area contributed by atoms with Crippen molar-refractivity contribution in [3.63, 3.8) is 0 Å². The van der Waals surface area contributed by atoms with E-state index in [2.05, 4.69) is 31.6 Å². The minimum atomic E-state index is -0.465. The van der Waals surface area contributed by atoms with Gasteiger partial charge in [0.05, 0.1) is 48.3 Å². The molecular weight excluding hydrogens is 518 g/mol. The predicted molar refractivity (Wildman–Crippen MR) is 149 cm³/mol. The summed E-state index contributed by atoms with van der Waals surface area (Å²) in [7, 11) is 2.98. The Bertz CT molecular complexity index is 1440. The molecule has 0 spiro atoms. The summed E-state index contributed by atoms with van der Waals surface area (Å²) >= 11 is 0. The number of methoxy groups -OCH3 is 2. The lowest BCUT2D eigenvalue weighted by molar-refractivity contribution is -0.384. The summed E-state index contributed by atoms with van der Waals surface area (Å²) < 4.78 is 10.5. The molecule has 5 rings (SSSR count). The summed E-state index contributed by atoms with van der Waals surface area (Å²) in [6.45, 7) is 0. The molecule has 0 saturated heterocycles. The molecule has 0 saturated carbocycles. The number of nitro benzene ring substituents is 1. The molecule has 5 N–H and O–H groups in total. The molecule has 13 nitrogen and oxygen atoms in total. The van der Waals surface area contributed by atoms with E-state index in [9.17, 15) is 20.3 Å². The van der Waals surface area contributed by atoms with Crippen LogP contribution in [0, 0.1) is 10.1 Å². The van der Waals surface area contributed by atoms with Crippen LogP contribution >= 0.6 is 0 Å². The van der Waals surface area contributed by atoms with Crippen molar-refractivity contribution in [1.82, 2.24) is 10.9 Å². The van der Waals surface area contributed by atoms with Crippen LogP contribution in [-0.4, -0.2) is 46.5 Å². The Morgan fingerprint density at radius 3 is 1.85 bits per heavy atom. The van der Waals surface area contributed by atoms with Crippen LogP contribution in [0.5, 0.6) is 23.0 Å². The van der Waals surface area contributed by atoms with E-state index in [0.29, 0.717) is 47.2 Å². The number of nitrogens with one attached hydrogen (secondary N) is 3. The summed E-state index contributed by atoms with van der Waals surface area (Å²) in [5.41, 5.74) is 13.3. The third-order valence-electron chi connectivity index (χ3n) is 6.64. The maximum absolute atomic E-state index is 11.0. The van der Waals surface area contributed by atoms with Gasteiger partial charge in [0, 0.05) is 25.0 Å². The predicted octanol–water partition coefficient (Wildman–Crippen LogP) is 3.97. The standard InChI is InChI=1S/C27H27N7O6/c1-39-25-11-15(3-9-23(25)35)19-13-21(31-29-19)27(33-28-17-5-7-18(8-6-17)34(37)38)22-14-20(30-32-22)16-4-10-24(36)26(12-16)40-2/h3-12,19-20,28-30,35-36H,13-14H2,1-2H3. The number of non-ortho nitro benzene ring substituents is 1. The summed E-state index contributed by atoms with van der Waals surface area (Å²) in [6, 6.07) is 15.8. The van der Waals surface area contributed by atoms with Gasteiger partial charge >= 0.3 is 0 Å². The smallest absolute Gasteiger partial charge is 0.269 e. The maximum atomic E-state index is 11.0. The molecule has 0 amide bonds. The second-order valence-corrected chi connectivity index (χ2v) is 9.13. The molecule has 0 aliphatic carbocycles. The fourth-order valence-corrected chi connectivity index (χ4v) is 4.46. The zero-order chi connectivity index (χ0) is 28.2. The Kier molecular flexibility index (Phi) is 7.35. The fourth-order valence-electron chi connectivity index (χ4n) is 4.46. The molecule has 40 heavy (non-hydrogen) atoms. The molecule has 2 aliphatic rings. The number of hydrogen-bond acceptors (Lipinski definition) is 12. The Labute approximate surface area is 229 Å². The molecule has 3 aromatic carbocycles. The van der Waals surface area contributed by atoms with Gasteiger partial charge in [-0.25, -0.2) is 0 Å². The van der Waals surface area contributed by atoms with Crippen LogP contribution in [0.1, 0.15) is 36.1 Å². The van der Waals surface area contributed by atoms with Crippen molar-refractivity contribution in [2.24, 2.45) is 15.3 Å². The van der Waals surface area contributed by atoms with Crippen LogP contribution in [0.2, 0.25) is 0 Å². The van der Waals surface area contributed by atoms with Gasteiger partial charge in [0.25, 0.3) is 5.69 Å². The van der Waals surface area contributed by atoms with Crippen LogP contribution in [0.3, 0.4) is 0 Å². The van der Waals surface area contributed by atoms with Gasteiger partial charge < -0.3 is 30.5 Å². The van der Waals surface area contributed by atoms with Crippen molar-refractivity contribution < 1.29 is 24.6 Å². The van der Waals surface area contributed by atoms with Crippen LogP contribution in [-0.2, 0) is 0 Å². The third-order valence-corrected chi connectivity index (χ3v) is 6.64. The Hall–Kier alpha value is -5.33. The highest BCUT2D eigenvalue weighted by Crippen LogP contribution is 2.34. The average Bonchev–Trinajstić information content (AvgIpc) is 3.65. The lowest BCUT2D eigenvalue weighted by Gasteiger charge is -2.13. The number of rotatable bonds is 9. The van der Waals surface area contributed by atoms with Crippen molar-refractivity contribution in [3.8, 4) is 23.0 Å². The highest BCUT2D eigenvalue weighted by Gasteiger charge is 2.31. The topological polar surface area (TPSA) is 175 Å². The minimum absolute atomic E-state index is 0.0252. The summed E-state index contributed by atoms with van der Waals surface area (Å²) in [5, 5.41) is 44.6. The van der Waals surface area contributed by atoms with E-state index in [-0.39, 0.29) is 29.3 Å². The number of benzene rings is 3. The summed E-state index contributed by atoms with van der Waals surface area (Å²) in [6.07, 6.45) is 0.955. The van der Waals surface area contributed by atoms with Gasteiger partial charge in [-0.1, -0.05) is 12.1 Å². The SMILES string of the molecule is COc1cc(C2CC(C(=NNc3ccc([N+](=O)[O-])cc3)C3=NNC(c4ccc(O)c(OC)c4)C3)=NN2)ccc1O. The molecule has 0 bridgehead atoms. The van der Waals surface area contributed by atoms with E-state index in [0.717, 1.165) is 11.1 Å². The molecule has 3 aromatic rings. The van der Waals surface area contributed by atoms with Gasteiger partial charge in [0.15, 0.2) is 23.0 Å². The number of anilines is 1. The van der Waals surface area contributed by atoms with Crippen LogP contribution in [0.15, 0.2) is 76.0 Å². The number of nitrogens with zero attached hydrogens (tertiary/aromatic N) is 4. The third kappa shape index (κ3) is 5.43. The number of ether oxygens (including phenoxy) is 2. The molecule has 0 aromatic heterocycles. The van der Waals surface area contributed by atoms with Crippen molar-refractivity contribution in [2.75, 3.05) is 19.6 Å². The number of phenols is 2. The van der Waals surface area contributed by atoms with Gasteiger partial charge in [-0.3, -0.25) is 15.5 Å². The average molecular weight is 546 g/mol. The number of hydrazone groups is 3. The molecule has 206 valence electrons. The van der Waals surface area contributed by atoms with E-state index >= 15 is 0 Å². The molecule has 2 atom stereocenters. The number of phenolic OH excluding ortho intramolecular Hbond substituents is 2. The molecule has 2 aliphatic heterocycles. The van der Waals surface area contributed by atoms with Crippen LogP contribution < -0.4 is 25.8 Å². The Morgan fingerprint density at radius 1 is 0.900 bits per heavy atom. The number of hydrogen-bond donors (Lipinski definition) is 5. The van der Waals surface area contributed by atoms with Gasteiger partial charge in [-0.2, -0.15) is 15.3 Å². The molecular formula is C27H27N7O6. The quantitative estimate of drug-likeness (QED) is 0.151. The van der Waals surface area contributed by atoms with Gasteiger partial charge in [-0.15, -0.1) is 0 Å². The first-order valence-corrected chi connectivity index (χ1v) is 12.3. The summed E-state index contributed by atoms with van der Waals surface area (Å²) in [5.74, 6) is 0.808. The molecule has 2 heterocycles. The number of aromatic hydroxyl groups is 2. The van der Waals surface area contributed by atoms with E-state index in [4.69, 9.17) is 9.47 Å². The van der Waals surface area contributed by atoms with E-state index in [1.54, 1.807) is 48.5 Å². The van der Waals surface area contributed by atoms with Gasteiger partial charge in [0.2, 0.25) is 0 Å². The summed E-state index contributed by atoms with van der Waals surface area (Å²) in [4.78, 5) is 10.5. The zero-order valence-corrected chi connectivity index (χ0v) is 21.7.